The van der Waals surface area contributed by atoms with E-state index >= 15 is 0 Å². The predicted molar refractivity (Wildman–Crippen MR) is 101 cm³/mol. The van der Waals surface area contributed by atoms with Gasteiger partial charge in [-0.2, -0.15) is 0 Å². The molecule has 3 nitrogen and oxygen atoms in total. The summed E-state index contributed by atoms with van der Waals surface area (Å²) in [5.41, 5.74) is 0.586. The maximum atomic E-state index is 12.3. The van der Waals surface area contributed by atoms with Crippen LogP contribution in [0.15, 0.2) is 0 Å². The van der Waals surface area contributed by atoms with Gasteiger partial charge < -0.3 is 9.84 Å². The van der Waals surface area contributed by atoms with Gasteiger partial charge in [0, 0.05) is 11.8 Å². The average molecular weight is 371 g/mol. The number of aliphatic hydroxyl groups is 1. The molecular weight excluding hydrogens is 336 g/mol. The minimum atomic E-state index is -0.102. The lowest BCUT2D eigenvalue weighted by Gasteiger charge is -2.62. The van der Waals surface area contributed by atoms with Gasteiger partial charge >= 0.3 is 0 Å². The van der Waals surface area contributed by atoms with Crippen molar-refractivity contribution in [3.05, 3.63) is 0 Å². The topological polar surface area (TPSA) is 46.5 Å². The first-order valence-corrected chi connectivity index (χ1v) is 11.7. The minimum absolute atomic E-state index is 0.0461. The van der Waals surface area contributed by atoms with Crippen LogP contribution >= 0.6 is 0 Å². The molecule has 3 heteroatoms. The number of Topliss-reactive ketones (excluding diaryl/α,β-unsaturated/α-hetero) is 1. The van der Waals surface area contributed by atoms with Crippen molar-refractivity contribution in [3.63, 3.8) is 0 Å². The summed E-state index contributed by atoms with van der Waals surface area (Å²) in [4.78, 5) is 12.3. The van der Waals surface area contributed by atoms with Crippen LogP contribution in [0.4, 0.5) is 0 Å². The molecule has 0 aromatic carbocycles. The highest BCUT2D eigenvalue weighted by Crippen LogP contribution is 2.82. The van der Waals surface area contributed by atoms with Crippen LogP contribution in [0, 0.1) is 58.2 Å². The Balaban J connectivity index is 1.30. The van der Waals surface area contributed by atoms with Gasteiger partial charge in [-0.1, -0.05) is 13.8 Å². The van der Waals surface area contributed by atoms with Crippen molar-refractivity contribution in [1.82, 2.24) is 0 Å². The van der Waals surface area contributed by atoms with Gasteiger partial charge in [0.2, 0.25) is 0 Å². The molecule has 0 aromatic heterocycles. The van der Waals surface area contributed by atoms with Crippen LogP contribution in [0.25, 0.3) is 0 Å². The number of hydrogen-bond donors (Lipinski definition) is 1. The Morgan fingerprint density at radius 3 is 2.59 bits per heavy atom. The monoisotopic (exact) mass is 370 g/mol. The number of hydrogen-bond acceptors (Lipinski definition) is 3. The molecule has 6 aliphatic carbocycles. The lowest BCUT2D eigenvalue weighted by atomic mass is 9.43. The highest BCUT2D eigenvalue weighted by molar-refractivity contribution is 5.83. The van der Waals surface area contributed by atoms with E-state index in [1.165, 1.54) is 32.1 Å². The van der Waals surface area contributed by atoms with Gasteiger partial charge in [0.15, 0.2) is 5.78 Å². The second-order valence-electron chi connectivity index (χ2n) is 12.2. The van der Waals surface area contributed by atoms with E-state index in [-0.39, 0.29) is 17.1 Å². The molecule has 0 aromatic rings. The Morgan fingerprint density at radius 2 is 1.81 bits per heavy atom. The molecule has 1 aliphatic heterocycles. The molecule has 1 N–H and O–H groups in total. The zero-order valence-corrected chi connectivity index (χ0v) is 16.8. The summed E-state index contributed by atoms with van der Waals surface area (Å²) < 4.78 is 6.43. The van der Waals surface area contributed by atoms with Gasteiger partial charge in [0.1, 0.15) is 6.61 Å². The van der Waals surface area contributed by atoms with Gasteiger partial charge in [-0.3, -0.25) is 4.79 Å². The first kappa shape index (κ1) is 16.4. The van der Waals surface area contributed by atoms with Crippen molar-refractivity contribution < 1.29 is 14.6 Å². The van der Waals surface area contributed by atoms with E-state index in [0.717, 1.165) is 54.3 Å². The molecular formula is C24H34O3. The molecule has 7 fully saturated rings. The summed E-state index contributed by atoms with van der Waals surface area (Å²) in [6.45, 7) is 5.50. The first-order chi connectivity index (χ1) is 12.9. The van der Waals surface area contributed by atoms with Crippen LogP contribution < -0.4 is 0 Å². The molecule has 0 bridgehead atoms. The summed E-state index contributed by atoms with van der Waals surface area (Å²) >= 11 is 0. The van der Waals surface area contributed by atoms with Crippen molar-refractivity contribution in [2.45, 2.75) is 76.9 Å². The fraction of sp³-hybridized carbons (Fsp3) is 0.958. The zero-order chi connectivity index (χ0) is 18.3. The van der Waals surface area contributed by atoms with E-state index in [9.17, 15) is 9.90 Å². The summed E-state index contributed by atoms with van der Waals surface area (Å²) in [7, 11) is 0. The molecule has 7 rings (SSSR count). The molecule has 0 amide bonds. The van der Waals surface area contributed by atoms with Gasteiger partial charge in [-0.25, -0.2) is 0 Å². The van der Waals surface area contributed by atoms with Crippen molar-refractivity contribution in [3.8, 4) is 0 Å². The minimum Gasteiger partial charge on any atom is -0.393 e. The fourth-order valence-electron chi connectivity index (χ4n) is 10.5. The normalized spacial score (nSPS) is 68.0. The van der Waals surface area contributed by atoms with Crippen LogP contribution in [0.3, 0.4) is 0 Å². The zero-order valence-electron chi connectivity index (χ0n) is 16.8. The van der Waals surface area contributed by atoms with Crippen molar-refractivity contribution in [1.29, 1.82) is 0 Å². The highest BCUT2D eigenvalue weighted by atomic mass is 16.5. The second-order valence-corrected chi connectivity index (χ2v) is 12.2. The molecule has 0 radical (unpaired) electrons. The van der Waals surface area contributed by atoms with Crippen LogP contribution in [0.1, 0.15) is 65.2 Å². The van der Waals surface area contributed by atoms with Crippen molar-refractivity contribution in [2.24, 2.45) is 58.2 Å². The average Bonchev–Trinajstić information content (AvgIpc) is 3.53. The molecule has 1 heterocycles. The number of carbonyl (C=O) groups is 1. The highest BCUT2D eigenvalue weighted by Gasteiger charge is 2.80. The van der Waals surface area contributed by atoms with Gasteiger partial charge in [-0.05, 0) is 97.7 Å². The third-order valence-corrected chi connectivity index (χ3v) is 11.5. The third kappa shape index (κ3) is 1.70. The van der Waals surface area contributed by atoms with E-state index < -0.39 is 0 Å². The Morgan fingerprint density at radius 1 is 0.963 bits per heavy atom. The van der Waals surface area contributed by atoms with E-state index in [0.29, 0.717) is 30.1 Å². The summed E-state index contributed by atoms with van der Waals surface area (Å²) in [6.07, 6.45) is 9.33. The molecule has 7 aliphatic rings. The summed E-state index contributed by atoms with van der Waals surface area (Å²) in [5.74, 6) is 6.95. The number of aliphatic hydroxyl groups excluding tert-OH is 1. The Kier molecular flexibility index (Phi) is 2.83. The summed E-state index contributed by atoms with van der Waals surface area (Å²) in [6, 6.07) is 0. The maximum Gasteiger partial charge on any atom is 0.161 e. The Labute approximate surface area is 162 Å². The van der Waals surface area contributed by atoms with E-state index in [4.69, 9.17) is 4.74 Å². The van der Waals surface area contributed by atoms with E-state index in [2.05, 4.69) is 13.8 Å². The van der Waals surface area contributed by atoms with Gasteiger partial charge in [0.25, 0.3) is 0 Å². The molecule has 27 heavy (non-hydrogen) atoms. The summed E-state index contributed by atoms with van der Waals surface area (Å²) in [5, 5.41) is 10.4. The molecule has 12 atom stereocenters. The number of ether oxygens (including phenoxy) is 1. The number of fused-ring (bicyclic) bond motifs is 12. The molecule has 1 unspecified atom stereocenters. The van der Waals surface area contributed by atoms with Crippen molar-refractivity contribution >= 4 is 5.78 Å². The fourth-order valence-corrected chi connectivity index (χ4v) is 10.5. The van der Waals surface area contributed by atoms with Crippen LogP contribution in [-0.4, -0.2) is 29.2 Å². The standard InChI is InChI=1S/C24H34O3/c1-22-5-3-12(25)7-18(22)14-8-15(14)20-17(22)4-6-23(2)21(20)16-9-19(16)24(23)10-13(26)11-27-24/h12,14-21,25H,3-11H2,1-2H3/t12?,14-,15+,16-,17+,18+,19+,20-,21+,22-,23+,24+/m1/s1. The maximum absolute atomic E-state index is 12.3. The largest absolute Gasteiger partial charge is 0.393 e. The Bertz CT molecular complexity index is 733. The lowest BCUT2D eigenvalue weighted by molar-refractivity contribution is -0.179. The smallest absolute Gasteiger partial charge is 0.161 e. The van der Waals surface area contributed by atoms with Crippen LogP contribution in [0.5, 0.6) is 0 Å². The van der Waals surface area contributed by atoms with E-state index in [1.807, 2.05) is 0 Å². The third-order valence-electron chi connectivity index (χ3n) is 11.5. The van der Waals surface area contributed by atoms with Crippen LogP contribution in [-0.2, 0) is 9.53 Å². The SMILES string of the molecule is C[C@]12CCC(O)C[C@H]1[C@@H]1C[C@@H]1[C@H]1[C@@H]3[C@@H]4C[C@@H]4[C@@]4(CC(=O)CO4)[C@@]3(C)CC[C@@H]12. The first-order valence-electron chi connectivity index (χ1n) is 11.7. The molecule has 1 saturated heterocycles. The molecule has 6 saturated carbocycles. The predicted octanol–water partition coefficient (Wildman–Crippen LogP) is 3.83. The molecule has 148 valence electrons. The second kappa shape index (κ2) is 4.67. The number of rotatable bonds is 0. The van der Waals surface area contributed by atoms with Crippen molar-refractivity contribution in [2.75, 3.05) is 6.61 Å². The van der Waals surface area contributed by atoms with Gasteiger partial charge in [0.05, 0.1) is 11.7 Å². The number of ketones is 1. The Hall–Kier alpha value is -0.410. The van der Waals surface area contributed by atoms with E-state index in [1.54, 1.807) is 0 Å². The molecule has 1 spiro atoms. The van der Waals surface area contributed by atoms with Gasteiger partial charge in [-0.15, -0.1) is 0 Å². The quantitative estimate of drug-likeness (QED) is 0.705. The lowest BCUT2D eigenvalue weighted by Crippen LogP contribution is -2.59. The number of carbonyl (C=O) groups excluding carboxylic acids is 1. The van der Waals surface area contributed by atoms with Crippen LogP contribution in [0.2, 0.25) is 0 Å².